The normalized spacial score (nSPS) is 19.9. The van der Waals surface area contributed by atoms with Crippen molar-refractivity contribution < 1.29 is 13.9 Å². The van der Waals surface area contributed by atoms with Crippen molar-refractivity contribution >= 4 is 27.6 Å². The van der Waals surface area contributed by atoms with Crippen LogP contribution in [0.5, 0.6) is 0 Å². The Labute approximate surface area is 215 Å². The number of aromatic nitrogens is 2. The van der Waals surface area contributed by atoms with E-state index in [1.54, 1.807) is 4.31 Å². The van der Waals surface area contributed by atoms with Crippen LogP contribution in [0.25, 0.3) is 22.2 Å². The van der Waals surface area contributed by atoms with Crippen LogP contribution in [0.1, 0.15) is 67.5 Å². The van der Waals surface area contributed by atoms with E-state index in [1.165, 1.54) is 27.8 Å². The van der Waals surface area contributed by atoms with Crippen molar-refractivity contribution in [2.24, 2.45) is 0 Å². The van der Waals surface area contributed by atoms with E-state index >= 15 is 0 Å². The lowest BCUT2D eigenvalue weighted by atomic mass is 9.87. The molecular weight excluding hydrogens is 472 g/mol. The van der Waals surface area contributed by atoms with Crippen LogP contribution in [0.15, 0.2) is 30.3 Å². The van der Waals surface area contributed by atoms with Gasteiger partial charge < -0.3 is 9.88 Å². The molecule has 2 aromatic heterocycles. The van der Waals surface area contributed by atoms with Gasteiger partial charge in [0.25, 0.3) is 0 Å². The Kier molecular flexibility index (Phi) is 6.89. The maximum atomic E-state index is 12.8. The molecule has 0 bridgehead atoms. The summed E-state index contributed by atoms with van der Waals surface area (Å²) in [5.41, 5.74) is 8.24. The SMILES string of the molecule is Cc1cc(-c2[nH]c3ccc(C4CCN(C(=O)CN5CCCS5(O)O)CC4)cc3c2C(C)C)cc(C)n1. The van der Waals surface area contributed by atoms with Crippen molar-refractivity contribution in [3.63, 3.8) is 0 Å². The maximum absolute atomic E-state index is 12.8. The summed E-state index contributed by atoms with van der Waals surface area (Å²) in [6.45, 7) is 10.7. The van der Waals surface area contributed by atoms with Gasteiger partial charge in [0, 0.05) is 47.5 Å². The molecule has 2 aliphatic heterocycles. The second-order valence-electron chi connectivity index (χ2n) is 10.7. The number of pyridine rings is 1. The van der Waals surface area contributed by atoms with Gasteiger partial charge in [0.2, 0.25) is 5.91 Å². The molecular formula is C28H38N4O3S. The fourth-order valence-electron chi connectivity index (χ4n) is 5.90. The summed E-state index contributed by atoms with van der Waals surface area (Å²) in [6.07, 6.45) is 2.58. The Morgan fingerprint density at radius 1 is 1.11 bits per heavy atom. The third kappa shape index (κ3) is 4.92. The van der Waals surface area contributed by atoms with E-state index < -0.39 is 10.8 Å². The molecule has 0 unspecified atom stereocenters. The number of piperidine rings is 1. The fraction of sp³-hybridized carbons (Fsp3) is 0.500. The average Bonchev–Trinajstić information content (AvgIpc) is 3.37. The van der Waals surface area contributed by atoms with E-state index in [-0.39, 0.29) is 12.5 Å². The molecule has 0 radical (unpaired) electrons. The topological polar surface area (TPSA) is 92.7 Å². The zero-order valence-electron chi connectivity index (χ0n) is 21.8. The Morgan fingerprint density at radius 2 is 1.81 bits per heavy atom. The molecule has 194 valence electrons. The molecule has 0 atom stereocenters. The smallest absolute Gasteiger partial charge is 0.238 e. The standard InChI is InChI=1S/C28H38N4O3S/c1-18(2)27-24-16-22(6-7-25(24)30-28(27)23-14-19(3)29-20(4)15-23)21-8-11-31(12-9-21)26(33)17-32-10-5-13-36(32,34)35/h6-7,14-16,18,21,30,34-35H,5,8-13,17H2,1-4H3. The molecule has 3 N–H and O–H groups in total. The number of H-pyrrole nitrogens is 1. The van der Waals surface area contributed by atoms with Gasteiger partial charge in [0.1, 0.15) is 0 Å². The van der Waals surface area contributed by atoms with Crippen molar-refractivity contribution in [3.8, 4) is 11.3 Å². The largest absolute Gasteiger partial charge is 0.354 e. The van der Waals surface area contributed by atoms with E-state index in [4.69, 9.17) is 0 Å². The number of hydrogen-bond donors (Lipinski definition) is 3. The first-order valence-corrected chi connectivity index (χ1v) is 14.7. The highest BCUT2D eigenvalue weighted by molar-refractivity contribution is 8.22. The molecule has 2 saturated heterocycles. The second-order valence-corrected chi connectivity index (χ2v) is 12.9. The summed E-state index contributed by atoms with van der Waals surface area (Å²) in [5, 5.41) is 1.28. The number of benzene rings is 1. The first-order chi connectivity index (χ1) is 17.1. The van der Waals surface area contributed by atoms with E-state index in [0.29, 0.717) is 37.2 Å². The summed E-state index contributed by atoms with van der Waals surface area (Å²) in [5.74, 6) is 1.17. The number of aromatic amines is 1. The predicted molar refractivity (Wildman–Crippen MR) is 148 cm³/mol. The lowest BCUT2D eigenvalue weighted by molar-refractivity contribution is -0.132. The molecule has 8 heteroatoms. The number of aryl methyl sites for hydroxylation is 2. The molecule has 5 rings (SSSR count). The molecule has 1 aromatic carbocycles. The number of hydrogen-bond acceptors (Lipinski definition) is 5. The number of nitrogens with one attached hydrogen (secondary N) is 1. The second kappa shape index (κ2) is 9.82. The Balaban J connectivity index is 1.34. The number of carbonyl (C=O) groups is 1. The quantitative estimate of drug-likeness (QED) is 0.389. The number of fused-ring (bicyclic) bond motifs is 1. The van der Waals surface area contributed by atoms with Crippen molar-refractivity contribution in [2.45, 2.75) is 58.8 Å². The molecule has 0 aliphatic carbocycles. The van der Waals surface area contributed by atoms with Crippen LogP contribution < -0.4 is 0 Å². The minimum absolute atomic E-state index is 0.00563. The van der Waals surface area contributed by atoms with Gasteiger partial charge in [-0.25, -0.2) is 0 Å². The van der Waals surface area contributed by atoms with Crippen LogP contribution in [0.4, 0.5) is 0 Å². The molecule has 2 fully saturated rings. The van der Waals surface area contributed by atoms with Gasteiger partial charge in [0.15, 0.2) is 0 Å². The van der Waals surface area contributed by atoms with E-state index in [0.717, 1.165) is 36.2 Å². The highest BCUT2D eigenvalue weighted by atomic mass is 32.3. The molecule has 1 amide bonds. The number of nitrogens with zero attached hydrogens (tertiary/aromatic N) is 3. The maximum Gasteiger partial charge on any atom is 0.238 e. The molecule has 7 nitrogen and oxygen atoms in total. The van der Waals surface area contributed by atoms with Crippen molar-refractivity contribution in [1.29, 1.82) is 0 Å². The highest BCUT2D eigenvalue weighted by Gasteiger charge is 2.33. The van der Waals surface area contributed by atoms with Crippen LogP contribution in [-0.2, 0) is 4.79 Å². The highest BCUT2D eigenvalue weighted by Crippen LogP contribution is 2.48. The van der Waals surface area contributed by atoms with Gasteiger partial charge >= 0.3 is 0 Å². The Bertz CT molecular complexity index is 1260. The van der Waals surface area contributed by atoms with Gasteiger partial charge in [-0.15, -0.1) is 10.8 Å². The minimum Gasteiger partial charge on any atom is -0.354 e. The van der Waals surface area contributed by atoms with Crippen LogP contribution in [0.2, 0.25) is 0 Å². The molecule has 0 saturated carbocycles. The summed E-state index contributed by atoms with van der Waals surface area (Å²) in [7, 11) is -2.75. The lowest BCUT2D eigenvalue weighted by Crippen LogP contribution is -2.43. The molecule has 3 aromatic rings. The first-order valence-electron chi connectivity index (χ1n) is 13.0. The lowest BCUT2D eigenvalue weighted by Gasteiger charge is -2.38. The van der Waals surface area contributed by atoms with Gasteiger partial charge in [0.05, 0.1) is 18.0 Å². The van der Waals surface area contributed by atoms with Crippen LogP contribution in [0, 0.1) is 13.8 Å². The van der Waals surface area contributed by atoms with E-state index in [9.17, 15) is 13.9 Å². The number of rotatable bonds is 5. The van der Waals surface area contributed by atoms with Gasteiger partial charge in [-0.1, -0.05) is 19.9 Å². The van der Waals surface area contributed by atoms with Crippen molar-refractivity contribution in [1.82, 2.24) is 19.2 Å². The average molecular weight is 511 g/mol. The van der Waals surface area contributed by atoms with Gasteiger partial charge in [-0.05, 0) is 80.3 Å². The summed E-state index contributed by atoms with van der Waals surface area (Å²) < 4.78 is 21.8. The van der Waals surface area contributed by atoms with Crippen LogP contribution in [-0.4, -0.2) is 66.1 Å². The summed E-state index contributed by atoms with van der Waals surface area (Å²) >= 11 is 0. The van der Waals surface area contributed by atoms with Crippen LogP contribution >= 0.6 is 10.8 Å². The monoisotopic (exact) mass is 510 g/mol. The minimum atomic E-state index is -2.75. The number of likely N-dealkylation sites (tertiary alicyclic amines) is 1. The van der Waals surface area contributed by atoms with E-state index in [1.807, 2.05) is 18.7 Å². The van der Waals surface area contributed by atoms with Crippen molar-refractivity contribution in [2.75, 3.05) is 31.9 Å². The Hall–Kier alpha value is -2.39. The molecule has 4 heterocycles. The Morgan fingerprint density at radius 3 is 2.42 bits per heavy atom. The molecule has 0 spiro atoms. The third-order valence-corrected chi connectivity index (χ3v) is 9.66. The predicted octanol–water partition coefficient (Wildman–Crippen LogP) is 6.05. The van der Waals surface area contributed by atoms with Crippen LogP contribution in [0.3, 0.4) is 0 Å². The zero-order valence-corrected chi connectivity index (χ0v) is 22.6. The van der Waals surface area contributed by atoms with Gasteiger partial charge in [-0.2, -0.15) is 4.31 Å². The molecule has 2 aliphatic rings. The fourth-order valence-corrected chi connectivity index (χ4v) is 7.41. The van der Waals surface area contributed by atoms with E-state index in [2.05, 4.69) is 54.1 Å². The summed E-state index contributed by atoms with van der Waals surface area (Å²) in [4.78, 5) is 23.0. The van der Waals surface area contributed by atoms with Crippen molar-refractivity contribution in [3.05, 3.63) is 52.8 Å². The number of carbonyl (C=O) groups excluding carboxylic acids is 1. The zero-order chi connectivity index (χ0) is 25.6. The third-order valence-electron chi connectivity index (χ3n) is 7.68. The first kappa shape index (κ1) is 25.3. The van der Waals surface area contributed by atoms with Gasteiger partial charge in [-0.3, -0.25) is 18.9 Å². The molecule has 36 heavy (non-hydrogen) atoms. The number of amides is 1. The summed E-state index contributed by atoms with van der Waals surface area (Å²) in [6, 6.07) is 11.1.